The average Bonchev–Trinajstić information content (AvgIpc) is 3.15. The third kappa shape index (κ3) is 2.98. The highest BCUT2D eigenvalue weighted by Gasteiger charge is 2.38. The van der Waals surface area contributed by atoms with Gasteiger partial charge in [-0.1, -0.05) is 30.5 Å². The molecule has 1 aromatic rings. The normalized spacial score (nSPS) is 22.4. The minimum atomic E-state index is -0.239. The van der Waals surface area contributed by atoms with Crippen molar-refractivity contribution in [1.82, 2.24) is 4.90 Å². The number of amides is 2. The van der Waals surface area contributed by atoms with Crippen LogP contribution in [0.5, 0.6) is 0 Å². The molecule has 0 aromatic heterocycles. The number of carbonyl (C=O) groups excluding carboxylic acids is 2. The van der Waals surface area contributed by atoms with Gasteiger partial charge in [0.2, 0.25) is 11.8 Å². The molecular formula is C17H21ClN2O2. The van der Waals surface area contributed by atoms with E-state index in [1.807, 2.05) is 24.1 Å². The van der Waals surface area contributed by atoms with Crippen LogP contribution >= 0.6 is 11.6 Å². The van der Waals surface area contributed by atoms with Crippen LogP contribution in [0.3, 0.4) is 0 Å². The van der Waals surface area contributed by atoms with Crippen molar-refractivity contribution in [3.8, 4) is 0 Å². The van der Waals surface area contributed by atoms with E-state index in [4.69, 9.17) is 11.6 Å². The Morgan fingerprint density at radius 2 is 2.05 bits per heavy atom. The molecule has 2 amide bonds. The highest BCUT2D eigenvalue weighted by molar-refractivity contribution is 6.30. The molecule has 0 radical (unpaired) electrons. The monoisotopic (exact) mass is 320 g/mol. The Kier molecular flexibility index (Phi) is 4.39. The summed E-state index contributed by atoms with van der Waals surface area (Å²) in [7, 11) is 1.88. The van der Waals surface area contributed by atoms with Gasteiger partial charge in [0.05, 0.1) is 5.92 Å². The Bertz CT molecular complexity index is 584. The maximum absolute atomic E-state index is 12.6. The standard InChI is InChI=1S/C17H21ClN2O2/c1-19(14-6-2-3-7-14)17(22)12-9-16(21)20(11-12)15-8-4-5-13(18)10-15/h4-5,8,10,12,14H,2-3,6-7,9,11H2,1H3/t12-/m0/s1. The lowest BCUT2D eigenvalue weighted by Gasteiger charge is -2.27. The number of hydrogen-bond acceptors (Lipinski definition) is 2. The van der Waals surface area contributed by atoms with E-state index in [9.17, 15) is 9.59 Å². The molecule has 1 aliphatic heterocycles. The molecule has 1 aromatic carbocycles. The van der Waals surface area contributed by atoms with Gasteiger partial charge in [-0.3, -0.25) is 9.59 Å². The second-order valence-electron chi connectivity index (χ2n) is 6.27. The Balaban J connectivity index is 1.70. The molecule has 1 saturated carbocycles. The largest absolute Gasteiger partial charge is 0.342 e. The van der Waals surface area contributed by atoms with Crippen molar-refractivity contribution in [2.75, 3.05) is 18.5 Å². The van der Waals surface area contributed by atoms with Crippen LogP contribution in [0, 0.1) is 5.92 Å². The van der Waals surface area contributed by atoms with E-state index in [1.54, 1.807) is 17.0 Å². The van der Waals surface area contributed by atoms with Crippen molar-refractivity contribution in [3.05, 3.63) is 29.3 Å². The number of carbonyl (C=O) groups is 2. The lowest BCUT2D eigenvalue weighted by molar-refractivity contribution is -0.136. The van der Waals surface area contributed by atoms with Crippen molar-refractivity contribution >= 4 is 29.1 Å². The van der Waals surface area contributed by atoms with E-state index in [-0.39, 0.29) is 17.7 Å². The Hall–Kier alpha value is -1.55. The predicted molar refractivity (Wildman–Crippen MR) is 86.9 cm³/mol. The van der Waals surface area contributed by atoms with E-state index < -0.39 is 0 Å². The zero-order valence-corrected chi connectivity index (χ0v) is 13.6. The van der Waals surface area contributed by atoms with Gasteiger partial charge in [-0.05, 0) is 31.0 Å². The fraction of sp³-hybridized carbons (Fsp3) is 0.529. The summed E-state index contributed by atoms with van der Waals surface area (Å²) < 4.78 is 0. The Morgan fingerprint density at radius 3 is 2.73 bits per heavy atom. The highest BCUT2D eigenvalue weighted by Crippen LogP contribution is 2.30. The lowest BCUT2D eigenvalue weighted by Crippen LogP contribution is -2.40. The van der Waals surface area contributed by atoms with Crippen molar-refractivity contribution in [2.45, 2.75) is 38.1 Å². The molecule has 0 spiro atoms. The molecular weight excluding hydrogens is 300 g/mol. The molecule has 3 rings (SSSR count). The molecule has 1 aliphatic carbocycles. The third-order valence-corrected chi connectivity index (χ3v) is 5.05. The highest BCUT2D eigenvalue weighted by atomic mass is 35.5. The summed E-state index contributed by atoms with van der Waals surface area (Å²) in [4.78, 5) is 28.4. The first kappa shape index (κ1) is 15.3. The van der Waals surface area contributed by atoms with Crippen molar-refractivity contribution in [1.29, 1.82) is 0 Å². The first-order valence-electron chi connectivity index (χ1n) is 7.89. The first-order chi connectivity index (χ1) is 10.6. The quantitative estimate of drug-likeness (QED) is 0.858. The van der Waals surface area contributed by atoms with Crippen LogP contribution in [0.25, 0.3) is 0 Å². The molecule has 5 heteroatoms. The van der Waals surface area contributed by atoms with Crippen molar-refractivity contribution in [2.24, 2.45) is 5.92 Å². The summed E-state index contributed by atoms with van der Waals surface area (Å²) >= 11 is 5.99. The molecule has 0 unspecified atom stereocenters. The van der Waals surface area contributed by atoms with E-state index in [0.717, 1.165) is 18.5 Å². The second kappa shape index (κ2) is 6.29. The van der Waals surface area contributed by atoms with Crippen LogP contribution in [0.4, 0.5) is 5.69 Å². The fourth-order valence-corrected chi connectivity index (χ4v) is 3.71. The summed E-state index contributed by atoms with van der Waals surface area (Å²) in [6.07, 6.45) is 4.85. The number of rotatable bonds is 3. The van der Waals surface area contributed by atoms with Gasteiger partial charge >= 0.3 is 0 Å². The smallest absolute Gasteiger partial charge is 0.228 e. The summed E-state index contributed by atoms with van der Waals surface area (Å²) in [5.74, 6) is -0.137. The van der Waals surface area contributed by atoms with Crippen LogP contribution < -0.4 is 4.90 Å². The van der Waals surface area contributed by atoms with Gasteiger partial charge < -0.3 is 9.80 Å². The van der Waals surface area contributed by atoms with Crippen LogP contribution in [0.15, 0.2) is 24.3 Å². The zero-order valence-electron chi connectivity index (χ0n) is 12.8. The number of anilines is 1. The van der Waals surface area contributed by atoms with E-state index in [1.165, 1.54) is 12.8 Å². The number of benzene rings is 1. The van der Waals surface area contributed by atoms with Crippen molar-refractivity contribution in [3.63, 3.8) is 0 Å². The molecule has 0 N–H and O–H groups in total. The van der Waals surface area contributed by atoms with Gasteiger partial charge in [-0.25, -0.2) is 0 Å². The molecule has 0 bridgehead atoms. The van der Waals surface area contributed by atoms with Gasteiger partial charge in [0.25, 0.3) is 0 Å². The molecule has 4 nitrogen and oxygen atoms in total. The minimum Gasteiger partial charge on any atom is -0.342 e. The predicted octanol–water partition coefficient (Wildman–Crippen LogP) is 3.09. The number of nitrogens with zero attached hydrogens (tertiary/aromatic N) is 2. The van der Waals surface area contributed by atoms with Crippen LogP contribution in [0.2, 0.25) is 5.02 Å². The molecule has 118 valence electrons. The van der Waals surface area contributed by atoms with E-state index >= 15 is 0 Å². The summed E-state index contributed by atoms with van der Waals surface area (Å²) in [5, 5.41) is 0.600. The minimum absolute atomic E-state index is 0.000406. The summed E-state index contributed by atoms with van der Waals surface area (Å²) in [6, 6.07) is 7.58. The van der Waals surface area contributed by atoms with Gasteiger partial charge in [0, 0.05) is 36.8 Å². The summed E-state index contributed by atoms with van der Waals surface area (Å²) in [5.41, 5.74) is 0.774. The van der Waals surface area contributed by atoms with Gasteiger partial charge in [-0.15, -0.1) is 0 Å². The Labute approximate surface area is 136 Å². The molecule has 2 fully saturated rings. The van der Waals surface area contributed by atoms with Crippen LogP contribution in [-0.2, 0) is 9.59 Å². The average molecular weight is 321 g/mol. The van der Waals surface area contributed by atoms with Gasteiger partial charge in [0.1, 0.15) is 0 Å². The van der Waals surface area contributed by atoms with Crippen LogP contribution in [-0.4, -0.2) is 36.3 Å². The third-order valence-electron chi connectivity index (χ3n) is 4.81. The maximum atomic E-state index is 12.6. The SMILES string of the molecule is CN(C(=O)[C@H]1CC(=O)N(c2cccc(Cl)c2)C1)C1CCCC1. The fourth-order valence-electron chi connectivity index (χ4n) is 3.53. The molecule has 2 aliphatic rings. The maximum Gasteiger partial charge on any atom is 0.228 e. The van der Waals surface area contributed by atoms with Gasteiger partial charge in [-0.2, -0.15) is 0 Å². The van der Waals surface area contributed by atoms with E-state index in [2.05, 4.69) is 0 Å². The molecule has 1 atom stereocenters. The number of hydrogen-bond donors (Lipinski definition) is 0. The van der Waals surface area contributed by atoms with Crippen LogP contribution in [0.1, 0.15) is 32.1 Å². The summed E-state index contributed by atoms with van der Waals surface area (Å²) in [6.45, 7) is 0.453. The van der Waals surface area contributed by atoms with Gasteiger partial charge in [0.15, 0.2) is 0 Å². The zero-order chi connectivity index (χ0) is 15.7. The van der Waals surface area contributed by atoms with Crippen molar-refractivity contribution < 1.29 is 9.59 Å². The second-order valence-corrected chi connectivity index (χ2v) is 6.71. The first-order valence-corrected chi connectivity index (χ1v) is 8.26. The molecule has 1 saturated heterocycles. The molecule has 1 heterocycles. The molecule has 22 heavy (non-hydrogen) atoms. The Morgan fingerprint density at radius 1 is 1.32 bits per heavy atom. The lowest BCUT2D eigenvalue weighted by atomic mass is 10.1. The number of halogens is 1. The topological polar surface area (TPSA) is 40.6 Å². The van der Waals surface area contributed by atoms with E-state index in [0.29, 0.717) is 24.0 Å².